The zero-order valence-electron chi connectivity index (χ0n) is 11.3. The van der Waals surface area contributed by atoms with Crippen molar-refractivity contribution in [2.75, 3.05) is 13.7 Å². The van der Waals surface area contributed by atoms with Crippen LogP contribution < -0.4 is 0 Å². The summed E-state index contributed by atoms with van der Waals surface area (Å²) in [4.78, 5) is 0. The van der Waals surface area contributed by atoms with Crippen molar-refractivity contribution in [2.45, 2.75) is 46.5 Å². The van der Waals surface area contributed by atoms with E-state index in [1.165, 1.54) is 25.7 Å². The lowest BCUT2D eigenvalue weighted by Gasteiger charge is -2.37. The highest BCUT2D eigenvalue weighted by molar-refractivity contribution is 5.18. The second kappa shape index (κ2) is 3.25. The molecule has 3 fully saturated rings. The number of hydrogen-bond acceptors (Lipinski definition) is 1. The molecule has 0 heterocycles. The summed E-state index contributed by atoms with van der Waals surface area (Å²) in [5, 5.41) is 0. The zero-order valence-corrected chi connectivity index (χ0v) is 11.3. The molecule has 0 spiro atoms. The molecule has 3 aliphatic carbocycles. The lowest BCUT2D eigenvalue weighted by molar-refractivity contribution is 0.0416. The lowest BCUT2D eigenvalue weighted by Crippen LogP contribution is -2.33. The van der Waals surface area contributed by atoms with Crippen LogP contribution in [-0.4, -0.2) is 13.7 Å². The van der Waals surface area contributed by atoms with Gasteiger partial charge in [-0.15, -0.1) is 0 Å². The number of rotatable bonds is 4. The Morgan fingerprint density at radius 1 is 1.25 bits per heavy atom. The van der Waals surface area contributed by atoms with Crippen LogP contribution in [0, 0.1) is 34.5 Å². The third-order valence-electron chi connectivity index (χ3n) is 6.37. The smallest absolute Gasteiger partial charge is 0.0526 e. The molecule has 5 unspecified atom stereocenters. The van der Waals surface area contributed by atoms with E-state index in [9.17, 15) is 0 Å². The molecule has 3 saturated carbocycles. The SMILES string of the molecule is COCC12CC1CC(CC1CC1C)C2(C)C. The monoisotopic (exact) mass is 222 g/mol. The van der Waals surface area contributed by atoms with E-state index >= 15 is 0 Å². The van der Waals surface area contributed by atoms with Gasteiger partial charge in [0.15, 0.2) is 0 Å². The Hall–Kier alpha value is -0.0400. The molecule has 92 valence electrons. The lowest BCUT2D eigenvalue weighted by atomic mass is 9.69. The molecule has 5 atom stereocenters. The molecular weight excluding hydrogens is 196 g/mol. The minimum Gasteiger partial charge on any atom is -0.384 e. The van der Waals surface area contributed by atoms with Crippen molar-refractivity contribution in [3.63, 3.8) is 0 Å². The summed E-state index contributed by atoms with van der Waals surface area (Å²) in [5.41, 5.74) is 1.08. The van der Waals surface area contributed by atoms with E-state index in [0.717, 1.165) is 30.3 Å². The Kier molecular flexibility index (Phi) is 2.25. The molecule has 0 N–H and O–H groups in total. The third kappa shape index (κ3) is 1.33. The summed E-state index contributed by atoms with van der Waals surface area (Å²) in [5.74, 6) is 4.03. The highest BCUT2D eigenvalue weighted by Crippen LogP contribution is 2.75. The summed E-state index contributed by atoms with van der Waals surface area (Å²) in [6.45, 7) is 8.44. The molecule has 0 aromatic rings. The van der Waals surface area contributed by atoms with E-state index in [-0.39, 0.29) is 0 Å². The Balaban J connectivity index is 1.70. The van der Waals surface area contributed by atoms with Gasteiger partial charge in [-0.05, 0) is 54.8 Å². The molecule has 0 bridgehead atoms. The Morgan fingerprint density at radius 3 is 2.50 bits per heavy atom. The fourth-order valence-corrected chi connectivity index (χ4v) is 4.63. The van der Waals surface area contributed by atoms with E-state index in [1.807, 2.05) is 7.11 Å². The minimum atomic E-state index is 0.524. The van der Waals surface area contributed by atoms with Crippen molar-refractivity contribution in [1.29, 1.82) is 0 Å². The molecule has 3 aliphatic rings. The Bertz CT molecular complexity index is 296. The zero-order chi connectivity index (χ0) is 11.6. The maximum absolute atomic E-state index is 5.50. The largest absolute Gasteiger partial charge is 0.384 e. The second-order valence-corrected chi connectivity index (χ2v) is 7.35. The van der Waals surface area contributed by atoms with E-state index < -0.39 is 0 Å². The average Bonchev–Trinajstić information content (AvgIpc) is 3.05. The molecule has 3 rings (SSSR count). The predicted molar refractivity (Wildman–Crippen MR) is 66.2 cm³/mol. The van der Waals surface area contributed by atoms with Crippen molar-refractivity contribution < 1.29 is 4.74 Å². The highest BCUT2D eigenvalue weighted by atomic mass is 16.5. The summed E-state index contributed by atoms with van der Waals surface area (Å²) >= 11 is 0. The van der Waals surface area contributed by atoms with E-state index in [4.69, 9.17) is 4.74 Å². The van der Waals surface area contributed by atoms with Crippen molar-refractivity contribution in [3.05, 3.63) is 0 Å². The molecule has 0 saturated heterocycles. The van der Waals surface area contributed by atoms with Crippen molar-refractivity contribution in [3.8, 4) is 0 Å². The average molecular weight is 222 g/mol. The summed E-state index contributed by atoms with van der Waals surface area (Å²) < 4.78 is 5.50. The van der Waals surface area contributed by atoms with Gasteiger partial charge in [0.05, 0.1) is 6.61 Å². The second-order valence-electron chi connectivity index (χ2n) is 7.35. The van der Waals surface area contributed by atoms with E-state index in [2.05, 4.69) is 20.8 Å². The highest BCUT2D eigenvalue weighted by Gasteiger charge is 2.70. The molecule has 16 heavy (non-hydrogen) atoms. The minimum absolute atomic E-state index is 0.524. The molecule has 1 nitrogen and oxygen atoms in total. The molecule has 0 aromatic carbocycles. The van der Waals surface area contributed by atoms with Crippen LogP contribution in [0.3, 0.4) is 0 Å². The number of ether oxygens (including phenoxy) is 1. The van der Waals surface area contributed by atoms with E-state index in [1.54, 1.807) is 0 Å². The van der Waals surface area contributed by atoms with Gasteiger partial charge in [-0.3, -0.25) is 0 Å². The fraction of sp³-hybridized carbons (Fsp3) is 1.00. The quantitative estimate of drug-likeness (QED) is 0.704. The number of methoxy groups -OCH3 is 1. The first-order chi connectivity index (χ1) is 7.51. The van der Waals surface area contributed by atoms with Gasteiger partial charge in [0, 0.05) is 12.5 Å². The van der Waals surface area contributed by atoms with Gasteiger partial charge in [0.25, 0.3) is 0 Å². The fourth-order valence-electron chi connectivity index (χ4n) is 4.63. The summed E-state index contributed by atoms with van der Waals surface area (Å²) in [7, 11) is 1.87. The number of hydrogen-bond donors (Lipinski definition) is 0. The summed E-state index contributed by atoms with van der Waals surface area (Å²) in [6, 6.07) is 0. The Labute approximate surface area is 99.9 Å². The van der Waals surface area contributed by atoms with Crippen LogP contribution in [0.2, 0.25) is 0 Å². The topological polar surface area (TPSA) is 9.23 Å². The van der Waals surface area contributed by atoms with Crippen molar-refractivity contribution >= 4 is 0 Å². The van der Waals surface area contributed by atoms with Crippen LogP contribution in [0.25, 0.3) is 0 Å². The first kappa shape index (κ1) is 11.1. The summed E-state index contributed by atoms with van der Waals surface area (Å²) in [6.07, 6.45) is 5.91. The van der Waals surface area contributed by atoms with Crippen molar-refractivity contribution in [1.82, 2.24) is 0 Å². The van der Waals surface area contributed by atoms with Gasteiger partial charge in [-0.25, -0.2) is 0 Å². The van der Waals surface area contributed by atoms with Crippen LogP contribution in [0.1, 0.15) is 46.5 Å². The van der Waals surface area contributed by atoms with Gasteiger partial charge in [-0.2, -0.15) is 0 Å². The maximum Gasteiger partial charge on any atom is 0.0526 e. The third-order valence-corrected chi connectivity index (χ3v) is 6.37. The van der Waals surface area contributed by atoms with Gasteiger partial charge >= 0.3 is 0 Å². The Morgan fingerprint density at radius 2 is 1.94 bits per heavy atom. The number of fused-ring (bicyclic) bond motifs is 1. The van der Waals surface area contributed by atoms with Gasteiger partial charge in [0.2, 0.25) is 0 Å². The van der Waals surface area contributed by atoms with Crippen LogP contribution >= 0.6 is 0 Å². The maximum atomic E-state index is 5.50. The van der Waals surface area contributed by atoms with Crippen LogP contribution in [0.5, 0.6) is 0 Å². The van der Waals surface area contributed by atoms with Crippen LogP contribution in [-0.2, 0) is 4.74 Å². The molecule has 0 aromatic heterocycles. The van der Waals surface area contributed by atoms with E-state index in [0.29, 0.717) is 10.8 Å². The molecule has 0 radical (unpaired) electrons. The standard InChI is InChI=1S/C15H26O/c1-10-5-11(10)6-12-7-13-8-15(13,9-16-4)14(12,2)3/h10-13H,5-9H2,1-4H3. The van der Waals surface area contributed by atoms with Gasteiger partial charge < -0.3 is 4.74 Å². The normalized spacial score (nSPS) is 52.5. The van der Waals surface area contributed by atoms with Crippen LogP contribution in [0.4, 0.5) is 0 Å². The molecule has 0 aliphatic heterocycles. The molecule has 0 amide bonds. The predicted octanol–water partition coefficient (Wildman–Crippen LogP) is 3.73. The molecule has 1 heteroatoms. The van der Waals surface area contributed by atoms with Gasteiger partial charge in [-0.1, -0.05) is 20.8 Å². The first-order valence-corrected chi connectivity index (χ1v) is 7.00. The van der Waals surface area contributed by atoms with Crippen LogP contribution in [0.15, 0.2) is 0 Å². The first-order valence-electron chi connectivity index (χ1n) is 7.00. The van der Waals surface area contributed by atoms with Gasteiger partial charge in [0.1, 0.15) is 0 Å². The molecular formula is C15H26O. The van der Waals surface area contributed by atoms with Crippen molar-refractivity contribution in [2.24, 2.45) is 34.5 Å².